The number of aromatic nitrogens is 3. The Balaban J connectivity index is 1.90. The monoisotopic (exact) mass is 368 g/mol. The number of ether oxygens (including phenoxy) is 2. The smallest absolute Gasteiger partial charge is 0.337 e. The molecule has 3 aromatic rings. The first kappa shape index (κ1) is 17.6. The molecule has 0 aliphatic rings. The van der Waals surface area contributed by atoms with Crippen molar-refractivity contribution >= 4 is 24.4 Å². The van der Waals surface area contributed by atoms with Crippen molar-refractivity contribution in [3.05, 3.63) is 64.4 Å². The summed E-state index contributed by atoms with van der Waals surface area (Å²) in [6.07, 6.45) is 1.63. The highest BCUT2D eigenvalue weighted by Gasteiger charge is 2.09. The van der Waals surface area contributed by atoms with E-state index in [-0.39, 0.29) is 5.97 Å². The second-order valence-electron chi connectivity index (χ2n) is 5.25. The van der Waals surface area contributed by atoms with Crippen molar-refractivity contribution in [3.8, 4) is 17.1 Å². The number of H-pyrrole nitrogens is 1. The van der Waals surface area contributed by atoms with E-state index in [2.05, 4.69) is 20.0 Å². The zero-order valence-electron chi connectivity index (χ0n) is 14.2. The first-order chi connectivity index (χ1) is 12.6. The van der Waals surface area contributed by atoms with Crippen LogP contribution in [0.2, 0.25) is 0 Å². The normalized spacial score (nSPS) is 10.8. The number of benzene rings is 2. The van der Waals surface area contributed by atoms with Crippen LogP contribution in [0.25, 0.3) is 11.4 Å². The SMILES string of the molecule is COC(=O)c1ccc(/C=N\n2c(-c3cccc(OC)c3)n[nH]c2=S)cc1. The van der Waals surface area contributed by atoms with Crippen LogP contribution in [-0.4, -0.2) is 41.3 Å². The molecule has 0 atom stereocenters. The topological polar surface area (TPSA) is 81.5 Å². The number of carbonyl (C=O) groups excluding carboxylic acids is 1. The minimum absolute atomic E-state index is 0.366. The van der Waals surface area contributed by atoms with Crippen LogP contribution in [0.4, 0.5) is 0 Å². The number of carbonyl (C=O) groups is 1. The van der Waals surface area contributed by atoms with Gasteiger partial charge in [0.05, 0.1) is 26.0 Å². The van der Waals surface area contributed by atoms with Crippen LogP contribution in [0.1, 0.15) is 15.9 Å². The third-order valence-electron chi connectivity index (χ3n) is 3.63. The van der Waals surface area contributed by atoms with Crippen molar-refractivity contribution in [3.63, 3.8) is 0 Å². The van der Waals surface area contributed by atoms with Gasteiger partial charge in [-0.25, -0.2) is 9.89 Å². The lowest BCUT2D eigenvalue weighted by molar-refractivity contribution is 0.0600. The van der Waals surface area contributed by atoms with E-state index in [1.54, 1.807) is 37.6 Å². The second kappa shape index (κ2) is 7.75. The fraction of sp³-hybridized carbons (Fsp3) is 0.111. The average Bonchev–Trinajstić information content (AvgIpc) is 3.06. The van der Waals surface area contributed by atoms with Gasteiger partial charge in [0.2, 0.25) is 4.77 Å². The van der Waals surface area contributed by atoms with Crippen LogP contribution in [0, 0.1) is 4.77 Å². The Labute approximate surface area is 154 Å². The molecule has 8 heteroatoms. The first-order valence-corrected chi connectivity index (χ1v) is 8.08. The molecule has 0 bridgehead atoms. The highest BCUT2D eigenvalue weighted by molar-refractivity contribution is 7.71. The van der Waals surface area contributed by atoms with Crippen molar-refractivity contribution in [2.75, 3.05) is 14.2 Å². The highest BCUT2D eigenvalue weighted by atomic mass is 32.1. The molecule has 0 aliphatic heterocycles. The van der Waals surface area contributed by atoms with E-state index in [1.165, 1.54) is 11.8 Å². The summed E-state index contributed by atoms with van der Waals surface area (Å²) in [7, 11) is 2.95. The summed E-state index contributed by atoms with van der Waals surface area (Å²) in [6, 6.07) is 14.3. The van der Waals surface area contributed by atoms with Gasteiger partial charge in [-0.05, 0) is 42.0 Å². The van der Waals surface area contributed by atoms with E-state index in [4.69, 9.17) is 17.0 Å². The van der Waals surface area contributed by atoms with Gasteiger partial charge in [-0.2, -0.15) is 14.9 Å². The second-order valence-corrected chi connectivity index (χ2v) is 5.64. The molecule has 3 rings (SSSR count). The number of esters is 1. The Morgan fingerprint density at radius 3 is 2.69 bits per heavy atom. The summed E-state index contributed by atoms with van der Waals surface area (Å²) < 4.78 is 11.8. The maximum atomic E-state index is 11.5. The fourth-order valence-electron chi connectivity index (χ4n) is 2.30. The van der Waals surface area contributed by atoms with Crippen LogP contribution in [0.15, 0.2) is 53.6 Å². The van der Waals surface area contributed by atoms with E-state index in [0.717, 1.165) is 11.1 Å². The molecule has 0 saturated heterocycles. The number of rotatable bonds is 5. The zero-order valence-corrected chi connectivity index (χ0v) is 15.0. The Kier molecular flexibility index (Phi) is 5.23. The fourth-order valence-corrected chi connectivity index (χ4v) is 2.47. The third kappa shape index (κ3) is 3.70. The van der Waals surface area contributed by atoms with E-state index in [1.807, 2.05) is 24.3 Å². The molecule has 0 unspecified atom stereocenters. The lowest BCUT2D eigenvalue weighted by atomic mass is 10.1. The van der Waals surface area contributed by atoms with Crippen molar-refractivity contribution in [2.45, 2.75) is 0 Å². The quantitative estimate of drug-likeness (QED) is 0.425. The number of nitrogens with one attached hydrogen (secondary N) is 1. The Hall–Kier alpha value is -3.26. The first-order valence-electron chi connectivity index (χ1n) is 7.67. The maximum Gasteiger partial charge on any atom is 0.337 e. The van der Waals surface area contributed by atoms with Gasteiger partial charge in [0, 0.05) is 5.56 Å². The van der Waals surface area contributed by atoms with Gasteiger partial charge >= 0.3 is 5.97 Å². The van der Waals surface area contributed by atoms with E-state index in [0.29, 0.717) is 21.9 Å². The predicted molar refractivity (Wildman–Crippen MR) is 100 cm³/mol. The summed E-state index contributed by atoms with van der Waals surface area (Å²) in [5, 5.41) is 11.4. The van der Waals surface area contributed by atoms with Crippen LogP contribution in [0.3, 0.4) is 0 Å². The Bertz CT molecular complexity index is 1010. The molecule has 0 fully saturated rings. The zero-order chi connectivity index (χ0) is 18.5. The van der Waals surface area contributed by atoms with Gasteiger partial charge in [-0.3, -0.25) is 0 Å². The minimum atomic E-state index is -0.383. The molecule has 26 heavy (non-hydrogen) atoms. The van der Waals surface area contributed by atoms with Crippen molar-refractivity contribution in [1.29, 1.82) is 0 Å². The number of aromatic amines is 1. The molecule has 1 aromatic heterocycles. The molecule has 0 saturated carbocycles. The molecular formula is C18H16N4O3S. The average molecular weight is 368 g/mol. The summed E-state index contributed by atoms with van der Waals surface area (Å²) >= 11 is 5.26. The lowest BCUT2D eigenvalue weighted by Crippen LogP contribution is -2.01. The van der Waals surface area contributed by atoms with Gasteiger partial charge in [0.25, 0.3) is 0 Å². The van der Waals surface area contributed by atoms with Crippen LogP contribution >= 0.6 is 12.2 Å². The molecule has 0 spiro atoms. The predicted octanol–water partition coefficient (Wildman–Crippen LogP) is 3.29. The van der Waals surface area contributed by atoms with E-state index >= 15 is 0 Å². The summed E-state index contributed by atoms with van der Waals surface area (Å²) in [4.78, 5) is 11.5. The van der Waals surface area contributed by atoms with Crippen molar-refractivity contribution < 1.29 is 14.3 Å². The standard InChI is InChI=1S/C18H16N4O3S/c1-24-15-5-3-4-14(10-15)16-20-21-18(26)22(16)19-11-12-6-8-13(9-7-12)17(23)25-2/h3-11H,1-2H3,(H,21,26)/b19-11-. The van der Waals surface area contributed by atoms with Crippen LogP contribution in [0.5, 0.6) is 5.75 Å². The molecule has 0 amide bonds. The number of hydrogen-bond donors (Lipinski definition) is 1. The van der Waals surface area contributed by atoms with E-state index < -0.39 is 0 Å². The highest BCUT2D eigenvalue weighted by Crippen LogP contribution is 2.22. The molecular weight excluding hydrogens is 352 g/mol. The van der Waals surface area contributed by atoms with Crippen LogP contribution < -0.4 is 4.74 Å². The summed E-state index contributed by atoms with van der Waals surface area (Å²) in [5.74, 6) is 0.896. The van der Waals surface area contributed by atoms with Crippen molar-refractivity contribution in [2.24, 2.45) is 5.10 Å². The molecule has 7 nitrogen and oxygen atoms in total. The maximum absolute atomic E-state index is 11.5. The summed E-state index contributed by atoms with van der Waals surface area (Å²) in [6.45, 7) is 0. The molecule has 1 N–H and O–H groups in total. The van der Waals surface area contributed by atoms with Gasteiger partial charge in [0.15, 0.2) is 5.82 Å². The van der Waals surface area contributed by atoms with Gasteiger partial charge < -0.3 is 9.47 Å². The Morgan fingerprint density at radius 1 is 1.23 bits per heavy atom. The van der Waals surface area contributed by atoms with Gasteiger partial charge in [-0.1, -0.05) is 24.3 Å². The third-order valence-corrected chi connectivity index (χ3v) is 3.90. The Morgan fingerprint density at radius 2 is 2.00 bits per heavy atom. The van der Waals surface area contributed by atoms with Gasteiger partial charge in [0.1, 0.15) is 5.75 Å². The molecule has 1 heterocycles. The van der Waals surface area contributed by atoms with Crippen LogP contribution in [-0.2, 0) is 4.74 Å². The minimum Gasteiger partial charge on any atom is -0.497 e. The molecule has 0 radical (unpaired) electrons. The molecule has 132 valence electrons. The molecule has 0 aliphatic carbocycles. The molecule has 2 aromatic carbocycles. The van der Waals surface area contributed by atoms with Gasteiger partial charge in [-0.15, -0.1) is 0 Å². The number of hydrogen-bond acceptors (Lipinski definition) is 6. The number of methoxy groups -OCH3 is 2. The largest absolute Gasteiger partial charge is 0.497 e. The number of nitrogens with zero attached hydrogens (tertiary/aromatic N) is 3. The summed E-state index contributed by atoms with van der Waals surface area (Å²) in [5.41, 5.74) is 2.09. The van der Waals surface area contributed by atoms with Crippen molar-refractivity contribution in [1.82, 2.24) is 14.9 Å². The lowest BCUT2D eigenvalue weighted by Gasteiger charge is -2.04. The van der Waals surface area contributed by atoms with E-state index in [9.17, 15) is 4.79 Å².